The first-order chi connectivity index (χ1) is 9.00. The Morgan fingerprint density at radius 3 is 2.79 bits per heavy atom. The topological polar surface area (TPSA) is 91.9 Å². The van der Waals surface area contributed by atoms with Gasteiger partial charge in [0, 0.05) is 36.9 Å². The van der Waals surface area contributed by atoms with Crippen molar-refractivity contribution in [3.63, 3.8) is 0 Å². The van der Waals surface area contributed by atoms with Gasteiger partial charge in [0.05, 0.1) is 0 Å². The number of nitrogens with zero attached hydrogens (tertiary/aromatic N) is 1. The molecule has 0 aliphatic rings. The minimum Gasteiger partial charge on any atom is -0.366 e. The Morgan fingerprint density at radius 2 is 2.16 bits per heavy atom. The lowest BCUT2D eigenvalue weighted by Crippen LogP contribution is -2.30. The molecular weight excluding hydrogens is 266 g/mol. The zero-order valence-corrected chi connectivity index (χ0v) is 11.0. The van der Waals surface area contributed by atoms with Crippen molar-refractivity contribution in [2.45, 2.75) is 17.9 Å². The molecule has 1 unspecified atom stereocenters. The Kier molecular flexibility index (Phi) is 3.77. The Hall–Kier alpha value is -1.99. The second-order valence-electron chi connectivity index (χ2n) is 4.00. The van der Waals surface area contributed by atoms with Crippen LogP contribution in [0.15, 0.2) is 52.7 Å². The Bertz CT molecular complexity index is 710. The number of sulfonamides is 1. The van der Waals surface area contributed by atoms with Crippen LogP contribution < -0.4 is 10.2 Å². The molecule has 0 spiro atoms. The third kappa shape index (κ3) is 3.07. The average Bonchev–Trinajstić information content (AvgIpc) is 2.39. The molecule has 1 atom stereocenters. The molecule has 2 aromatic rings. The van der Waals surface area contributed by atoms with E-state index in [1.54, 1.807) is 31.5 Å². The molecule has 19 heavy (non-hydrogen) atoms. The Balaban J connectivity index is 2.28. The molecule has 0 amide bonds. The largest absolute Gasteiger partial charge is 0.366 e. The summed E-state index contributed by atoms with van der Waals surface area (Å²) in [5, 5.41) is 0. The number of H-pyrrole nitrogens is 1. The monoisotopic (exact) mass is 279 g/mol. The van der Waals surface area contributed by atoms with Gasteiger partial charge in [-0.25, -0.2) is 13.1 Å². The van der Waals surface area contributed by atoms with E-state index in [9.17, 15) is 13.2 Å². The number of hydrogen-bond acceptors (Lipinski definition) is 4. The van der Waals surface area contributed by atoms with Crippen molar-refractivity contribution in [3.05, 3.63) is 58.8 Å². The summed E-state index contributed by atoms with van der Waals surface area (Å²) in [5.41, 5.74) is 0.170. The van der Waals surface area contributed by atoms with Gasteiger partial charge in [0.25, 0.3) is 0 Å². The average molecular weight is 279 g/mol. The van der Waals surface area contributed by atoms with Gasteiger partial charge >= 0.3 is 0 Å². The summed E-state index contributed by atoms with van der Waals surface area (Å²) >= 11 is 0. The molecule has 100 valence electrons. The van der Waals surface area contributed by atoms with Gasteiger partial charge in [-0.3, -0.25) is 9.78 Å². The zero-order valence-electron chi connectivity index (χ0n) is 10.2. The summed E-state index contributed by atoms with van der Waals surface area (Å²) in [6, 6.07) is 4.17. The molecule has 0 radical (unpaired) electrons. The lowest BCUT2D eigenvalue weighted by Gasteiger charge is -2.13. The maximum Gasteiger partial charge on any atom is 0.246 e. The van der Waals surface area contributed by atoms with Gasteiger partial charge in [0.1, 0.15) is 4.90 Å². The van der Waals surface area contributed by atoms with Crippen LogP contribution in [0.2, 0.25) is 0 Å². The standard InChI is InChI=1S/C12H13N3O3S/c1-9(10-3-2-5-13-7-10)15-19(17,18)12-8-14-6-4-11(12)16/h2-9,15H,1H3,(H,14,16). The molecule has 2 aromatic heterocycles. The predicted molar refractivity (Wildman–Crippen MR) is 70.0 cm³/mol. The number of pyridine rings is 2. The van der Waals surface area contributed by atoms with Gasteiger partial charge in [0.15, 0.2) is 0 Å². The van der Waals surface area contributed by atoms with Crippen LogP contribution in [-0.2, 0) is 10.0 Å². The highest BCUT2D eigenvalue weighted by Gasteiger charge is 2.20. The first kappa shape index (κ1) is 13.4. The smallest absolute Gasteiger partial charge is 0.246 e. The molecule has 7 heteroatoms. The van der Waals surface area contributed by atoms with Gasteiger partial charge in [-0.2, -0.15) is 0 Å². The number of rotatable bonds is 4. The van der Waals surface area contributed by atoms with E-state index in [1.165, 1.54) is 18.5 Å². The fourth-order valence-corrected chi connectivity index (χ4v) is 2.89. The summed E-state index contributed by atoms with van der Waals surface area (Å²) in [6.07, 6.45) is 5.72. The normalized spacial score (nSPS) is 13.1. The van der Waals surface area contributed by atoms with Crippen molar-refractivity contribution in [2.75, 3.05) is 0 Å². The van der Waals surface area contributed by atoms with E-state index in [0.29, 0.717) is 0 Å². The zero-order chi connectivity index (χ0) is 13.9. The van der Waals surface area contributed by atoms with Crippen molar-refractivity contribution >= 4 is 10.0 Å². The molecule has 0 saturated heterocycles. The van der Waals surface area contributed by atoms with Crippen molar-refractivity contribution in [3.8, 4) is 0 Å². The van der Waals surface area contributed by atoms with Gasteiger partial charge < -0.3 is 4.98 Å². The molecule has 2 heterocycles. The molecule has 0 saturated carbocycles. The van der Waals surface area contributed by atoms with E-state index in [2.05, 4.69) is 14.7 Å². The maximum atomic E-state index is 12.1. The van der Waals surface area contributed by atoms with Crippen LogP contribution in [0.3, 0.4) is 0 Å². The second-order valence-corrected chi connectivity index (χ2v) is 5.68. The third-order valence-electron chi connectivity index (χ3n) is 2.59. The van der Waals surface area contributed by atoms with Crippen LogP contribution >= 0.6 is 0 Å². The molecule has 0 aliphatic carbocycles. The first-order valence-corrected chi connectivity index (χ1v) is 7.08. The van der Waals surface area contributed by atoms with Crippen LogP contribution in [0, 0.1) is 0 Å². The van der Waals surface area contributed by atoms with Gasteiger partial charge in [-0.15, -0.1) is 0 Å². The Labute approximate surface area is 110 Å². The highest BCUT2D eigenvalue weighted by molar-refractivity contribution is 7.89. The van der Waals surface area contributed by atoms with E-state index in [0.717, 1.165) is 5.56 Å². The molecule has 0 aromatic carbocycles. The minimum absolute atomic E-state index is 0.300. The summed E-state index contributed by atoms with van der Waals surface area (Å²) in [5.74, 6) is 0. The summed E-state index contributed by atoms with van der Waals surface area (Å²) in [7, 11) is -3.86. The molecule has 6 nitrogen and oxygen atoms in total. The molecular formula is C12H13N3O3S. The van der Waals surface area contributed by atoms with Crippen LogP contribution in [0.25, 0.3) is 0 Å². The molecule has 2 rings (SSSR count). The lowest BCUT2D eigenvalue weighted by atomic mass is 10.2. The van der Waals surface area contributed by atoms with Crippen molar-refractivity contribution in [1.82, 2.24) is 14.7 Å². The van der Waals surface area contributed by atoms with E-state index in [1.807, 2.05) is 0 Å². The van der Waals surface area contributed by atoms with Crippen LogP contribution in [-0.4, -0.2) is 18.4 Å². The highest BCUT2D eigenvalue weighted by Crippen LogP contribution is 2.13. The number of nitrogens with one attached hydrogen (secondary N) is 2. The Morgan fingerprint density at radius 1 is 1.37 bits per heavy atom. The third-order valence-corrected chi connectivity index (χ3v) is 4.16. The summed E-state index contributed by atoms with van der Waals surface area (Å²) < 4.78 is 26.6. The number of aromatic nitrogens is 2. The van der Waals surface area contributed by atoms with E-state index >= 15 is 0 Å². The van der Waals surface area contributed by atoms with Crippen molar-refractivity contribution in [2.24, 2.45) is 0 Å². The highest BCUT2D eigenvalue weighted by atomic mass is 32.2. The van der Waals surface area contributed by atoms with E-state index < -0.39 is 21.5 Å². The first-order valence-electron chi connectivity index (χ1n) is 5.60. The fourth-order valence-electron chi connectivity index (χ4n) is 1.61. The maximum absolute atomic E-state index is 12.1. The second kappa shape index (κ2) is 5.33. The summed E-state index contributed by atoms with van der Waals surface area (Å²) in [4.78, 5) is 17.7. The van der Waals surface area contributed by atoms with E-state index in [4.69, 9.17) is 0 Å². The van der Waals surface area contributed by atoms with Gasteiger partial charge in [0.2, 0.25) is 15.5 Å². The number of aromatic amines is 1. The quantitative estimate of drug-likeness (QED) is 0.866. The molecule has 0 fully saturated rings. The van der Waals surface area contributed by atoms with E-state index in [-0.39, 0.29) is 4.90 Å². The van der Waals surface area contributed by atoms with Crippen LogP contribution in [0.1, 0.15) is 18.5 Å². The van der Waals surface area contributed by atoms with Crippen LogP contribution in [0.4, 0.5) is 0 Å². The predicted octanol–water partition coefficient (Wildman–Crippen LogP) is 0.809. The van der Waals surface area contributed by atoms with Gasteiger partial charge in [-0.1, -0.05) is 6.07 Å². The molecule has 2 N–H and O–H groups in total. The van der Waals surface area contributed by atoms with Crippen molar-refractivity contribution < 1.29 is 8.42 Å². The molecule has 0 bridgehead atoms. The fraction of sp³-hybridized carbons (Fsp3) is 0.167. The number of hydrogen-bond donors (Lipinski definition) is 2. The summed E-state index contributed by atoms with van der Waals surface area (Å²) in [6.45, 7) is 1.69. The van der Waals surface area contributed by atoms with Crippen LogP contribution in [0.5, 0.6) is 0 Å². The minimum atomic E-state index is -3.86. The lowest BCUT2D eigenvalue weighted by molar-refractivity contribution is 0.565. The SMILES string of the molecule is CC(NS(=O)(=O)c1c[nH]ccc1=O)c1cccnc1. The van der Waals surface area contributed by atoms with Crippen molar-refractivity contribution in [1.29, 1.82) is 0 Å². The van der Waals surface area contributed by atoms with Gasteiger partial charge in [-0.05, 0) is 18.6 Å². The molecule has 0 aliphatic heterocycles.